The number of hydrogen-bond donors (Lipinski definition) is 1. The largest absolute Gasteiger partial charge is 0.373 e. The molecule has 0 amide bonds. The summed E-state index contributed by atoms with van der Waals surface area (Å²) in [5.74, 6) is 7.08. The number of carbonyl (C=O) groups excluding carboxylic acids is 1. The van der Waals surface area contributed by atoms with Gasteiger partial charge in [0.2, 0.25) is 0 Å². The van der Waals surface area contributed by atoms with E-state index in [0.717, 1.165) is 6.42 Å². The Bertz CT molecular complexity index is 426. The minimum absolute atomic E-state index is 0.197. The van der Waals surface area contributed by atoms with Crippen LogP contribution in [0, 0.1) is 12.3 Å². The predicted octanol–water partition coefficient (Wildman–Crippen LogP) is 1.88. The molecule has 1 aromatic rings. The molecule has 0 aliphatic heterocycles. The van der Waals surface area contributed by atoms with Crippen LogP contribution in [0.25, 0.3) is 0 Å². The number of benzene rings is 1. The van der Waals surface area contributed by atoms with Gasteiger partial charge >= 0.3 is 5.97 Å². The Kier molecular flexibility index (Phi) is 6.65. The maximum absolute atomic E-state index is 11.0. The number of rotatable bonds is 7. The van der Waals surface area contributed by atoms with Crippen molar-refractivity contribution in [3.05, 3.63) is 35.9 Å². The number of carbonyl (C=O) groups is 1. The lowest BCUT2D eigenvalue weighted by Crippen LogP contribution is -2.25. The molecular formula is C15H20N2O2. The summed E-state index contributed by atoms with van der Waals surface area (Å²) in [6, 6.07) is 10.3. The Hall–Kier alpha value is -1.83. The van der Waals surface area contributed by atoms with E-state index in [1.54, 1.807) is 0 Å². The van der Waals surface area contributed by atoms with E-state index in [1.807, 2.05) is 25.2 Å². The fraction of sp³-hybridized carbons (Fsp3) is 0.400. The van der Waals surface area contributed by atoms with E-state index in [0.29, 0.717) is 19.4 Å². The number of hydrogen-bond acceptors (Lipinski definition) is 4. The van der Waals surface area contributed by atoms with Crippen LogP contribution in [0.3, 0.4) is 0 Å². The fourth-order valence-corrected chi connectivity index (χ4v) is 2.07. The SMILES string of the molecule is C#CCN(C)C(CCCC(=O)ON)c1ccccc1. The van der Waals surface area contributed by atoms with E-state index in [2.05, 4.69) is 27.8 Å². The van der Waals surface area contributed by atoms with Gasteiger partial charge in [-0.25, -0.2) is 0 Å². The number of nitrogens with zero attached hydrogens (tertiary/aromatic N) is 1. The molecule has 0 radical (unpaired) electrons. The lowest BCUT2D eigenvalue weighted by Gasteiger charge is -2.26. The zero-order valence-corrected chi connectivity index (χ0v) is 11.2. The third-order valence-electron chi connectivity index (χ3n) is 3.05. The highest BCUT2D eigenvalue weighted by Gasteiger charge is 2.16. The molecule has 1 aromatic carbocycles. The Labute approximate surface area is 114 Å². The van der Waals surface area contributed by atoms with Gasteiger partial charge in [-0.1, -0.05) is 36.3 Å². The standard InChI is InChI=1S/C15H20N2O2/c1-3-12-17(2)14(10-7-11-15(18)19-16)13-8-5-4-6-9-13/h1,4-6,8-9,14H,7,10-12,16H2,2H3. The lowest BCUT2D eigenvalue weighted by atomic mass is 9.99. The molecule has 4 heteroatoms. The van der Waals surface area contributed by atoms with E-state index in [-0.39, 0.29) is 12.0 Å². The lowest BCUT2D eigenvalue weighted by molar-refractivity contribution is -0.144. The average Bonchev–Trinajstić information content (AvgIpc) is 2.44. The van der Waals surface area contributed by atoms with Crippen molar-refractivity contribution in [3.63, 3.8) is 0 Å². The van der Waals surface area contributed by atoms with Crippen LogP contribution in [-0.4, -0.2) is 24.5 Å². The Morgan fingerprint density at radius 1 is 1.47 bits per heavy atom. The van der Waals surface area contributed by atoms with Gasteiger partial charge in [0.1, 0.15) is 0 Å². The fourth-order valence-electron chi connectivity index (χ4n) is 2.07. The quantitative estimate of drug-likeness (QED) is 0.601. The molecule has 0 aliphatic rings. The molecule has 0 heterocycles. The smallest absolute Gasteiger partial charge is 0.324 e. The maximum Gasteiger partial charge on any atom is 0.324 e. The van der Waals surface area contributed by atoms with E-state index in [9.17, 15) is 4.79 Å². The van der Waals surface area contributed by atoms with Crippen LogP contribution in [0.4, 0.5) is 0 Å². The van der Waals surface area contributed by atoms with Gasteiger partial charge in [-0.3, -0.25) is 9.69 Å². The van der Waals surface area contributed by atoms with Gasteiger partial charge in [0.25, 0.3) is 0 Å². The molecule has 4 nitrogen and oxygen atoms in total. The molecule has 102 valence electrons. The summed E-state index contributed by atoms with van der Waals surface area (Å²) in [4.78, 5) is 17.3. The Balaban J connectivity index is 2.66. The third-order valence-corrected chi connectivity index (χ3v) is 3.05. The molecule has 1 atom stereocenters. The molecular weight excluding hydrogens is 240 g/mol. The van der Waals surface area contributed by atoms with Gasteiger partial charge in [-0.15, -0.1) is 6.42 Å². The first-order valence-corrected chi connectivity index (χ1v) is 6.27. The summed E-state index contributed by atoms with van der Waals surface area (Å²) in [5.41, 5.74) is 1.20. The molecule has 1 unspecified atom stereocenters. The number of terminal acetylenes is 1. The predicted molar refractivity (Wildman–Crippen MR) is 74.8 cm³/mol. The van der Waals surface area contributed by atoms with Crippen LogP contribution in [0.1, 0.15) is 30.9 Å². The van der Waals surface area contributed by atoms with Gasteiger partial charge in [0, 0.05) is 12.5 Å². The van der Waals surface area contributed by atoms with Crippen LogP contribution in [-0.2, 0) is 9.63 Å². The van der Waals surface area contributed by atoms with Gasteiger partial charge < -0.3 is 4.84 Å². The molecule has 2 N–H and O–H groups in total. The highest BCUT2D eigenvalue weighted by molar-refractivity contribution is 5.68. The van der Waals surface area contributed by atoms with Crippen LogP contribution in [0.2, 0.25) is 0 Å². The van der Waals surface area contributed by atoms with Crippen molar-refractivity contribution in [3.8, 4) is 12.3 Å². The molecule has 19 heavy (non-hydrogen) atoms. The molecule has 0 saturated heterocycles. The van der Waals surface area contributed by atoms with Crippen molar-refractivity contribution in [2.45, 2.75) is 25.3 Å². The highest BCUT2D eigenvalue weighted by Crippen LogP contribution is 2.24. The van der Waals surface area contributed by atoms with E-state index in [1.165, 1.54) is 5.56 Å². The first kappa shape index (κ1) is 15.2. The normalized spacial score (nSPS) is 11.9. The molecule has 0 aromatic heterocycles. The second kappa shape index (κ2) is 8.30. The molecule has 0 saturated carbocycles. The van der Waals surface area contributed by atoms with Crippen LogP contribution in [0.5, 0.6) is 0 Å². The first-order valence-electron chi connectivity index (χ1n) is 6.27. The van der Waals surface area contributed by atoms with Crippen molar-refractivity contribution in [1.82, 2.24) is 4.90 Å². The van der Waals surface area contributed by atoms with Crippen LogP contribution >= 0.6 is 0 Å². The first-order chi connectivity index (χ1) is 9.19. The molecule has 1 rings (SSSR count). The van der Waals surface area contributed by atoms with Crippen LogP contribution in [0.15, 0.2) is 30.3 Å². The molecule has 0 fully saturated rings. The van der Waals surface area contributed by atoms with Gasteiger partial charge in [-0.2, -0.15) is 5.90 Å². The van der Waals surface area contributed by atoms with E-state index in [4.69, 9.17) is 12.3 Å². The van der Waals surface area contributed by atoms with Crippen molar-refractivity contribution >= 4 is 5.97 Å². The van der Waals surface area contributed by atoms with Crippen LogP contribution < -0.4 is 5.90 Å². The minimum Gasteiger partial charge on any atom is -0.373 e. The van der Waals surface area contributed by atoms with Crippen molar-refractivity contribution in [2.24, 2.45) is 5.90 Å². The monoisotopic (exact) mass is 260 g/mol. The van der Waals surface area contributed by atoms with E-state index >= 15 is 0 Å². The molecule has 0 aliphatic carbocycles. The Morgan fingerprint density at radius 2 is 2.16 bits per heavy atom. The second-order valence-corrected chi connectivity index (χ2v) is 4.43. The molecule has 0 spiro atoms. The van der Waals surface area contributed by atoms with Gasteiger partial charge in [0.05, 0.1) is 6.54 Å². The van der Waals surface area contributed by atoms with Gasteiger partial charge in [0.15, 0.2) is 0 Å². The zero-order valence-electron chi connectivity index (χ0n) is 11.2. The summed E-state index contributed by atoms with van der Waals surface area (Å²) >= 11 is 0. The maximum atomic E-state index is 11.0. The minimum atomic E-state index is -0.383. The topological polar surface area (TPSA) is 55.6 Å². The highest BCUT2D eigenvalue weighted by atomic mass is 16.7. The van der Waals surface area contributed by atoms with Crippen molar-refractivity contribution < 1.29 is 9.63 Å². The summed E-state index contributed by atoms with van der Waals surface area (Å²) in [7, 11) is 1.98. The van der Waals surface area contributed by atoms with Crippen molar-refractivity contribution in [1.29, 1.82) is 0 Å². The average molecular weight is 260 g/mol. The van der Waals surface area contributed by atoms with E-state index < -0.39 is 0 Å². The van der Waals surface area contributed by atoms with Gasteiger partial charge in [-0.05, 0) is 25.5 Å². The summed E-state index contributed by atoms with van der Waals surface area (Å²) in [6.07, 6.45) is 7.23. The third kappa shape index (κ3) is 5.12. The summed E-state index contributed by atoms with van der Waals surface area (Å²) in [5, 5.41) is 0. The number of nitrogens with two attached hydrogens (primary N) is 1. The van der Waals surface area contributed by atoms with Crippen molar-refractivity contribution in [2.75, 3.05) is 13.6 Å². The summed E-state index contributed by atoms with van der Waals surface area (Å²) in [6.45, 7) is 0.570. The Morgan fingerprint density at radius 3 is 2.74 bits per heavy atom. The zero-order chi connectivity index (χ0) is 14.1. The second-order valence-electron chi connectivity index (χ2n) is 4.43. The summed E-state index contributed by atoms with van der Waals surface area (Å²) < 4.78 is 0. The molecule has 0 bridgehead atoms.